The summed E-state index contributed by atoms with van der Waals surface area (Å²) in [5.74, 6) is 0. The number of hydrogen-bond acceptors (Lipinski definition) is 2. The Morgan fingerprint density at radius 2 is 2.00 bits per heavy atom. The smallest absolute Gasteiger partial charge is 0.186 e. The monoisotopic (exact) mass is 188 g/mol. The third-order valence-electron chi connectivity index (χ3n) is 1.83. The van der Waals surface area contributed by atoms with Crippen molar-refractivity contribution < 1.29 is 4.79 Å². The first-order chi connectivity index (χ1) is 5.66. The first kappa shape index (κ1) is 12.0. The molecule has 2 heteroatoms. The summed E-state index contributed by atoms with van der Waals surface area (Å²) in [5, 5.41) is 0.761. The van der Waals surface area contributed by atoms with Gasteiger partial charge in [0.1, 0.15) is 0 Å². The molecule has 0 saturated heterocycles. The molecule has 0 heterocycles. The fraction of sp³-hybridized carbons (Fsp3) is 0.900. The van der Waals surface area contributed by atoms with Gasteiger partial charge in [-0.2, -0.15) is 0 Å². The lowest BCUT2D eigenvalue weighted by Gasteiger charge is -2.07. The zero-order valence-corrected chi connectivity index (χ0v) is 9.25. The standard InChI is InChI=1S/C10H20OS/c1-4-5-6-7-8-9(2)12-10(3)11/h9H,4-8H2,1-3H3/t9-/m0/s1. The van der Waals surface area contributed by atoms with Crippen molar-refractivity contribution in [2.75, 3.05) is 0 Å². The van der Waals surface area contributed by atoms with Gasteiger partial charge in [0.15, 0.2) is 5.12 Å². The van der Waals surface area contributed by atoms with Crippen LogP contribution in [0, 0.1) is 0 Å². The second kappa shape index (κ2) is 7.66. The summed E-state index contributed by atoms with van der Waals surface area (Å²) in [6, 6.07) is 0. The van der Waals surface area contributed by atoms with Crippen molar-refractivity contribution in [3.63, 3.8) is 0 Å². The molecule has 0 aromatic rings. The predicted molar refractivity (Wildman–Crippen MR) is 56.5 cm³/mol. The highest BCUT2D eigenvalue weighted by Crippen LogP contribution is 2.17. The van der Waals surface area contributed by atoms with E-state index in [1.54, 1.807) is 6.92 Å². The van der Waals surface area contributed by atoms with Crippen molar-refractivity contribution in [2.45, 2.75) is 58.1 Å². The molecule has 1 atom stereocenters. The number of hydrogen-bond donors (Lipinski definition) is 0. The van der Waals surface area contributed by atoms with Crippen LogP contribution in [0.2, 0.25) is 0 Å². The molecule has 0 N–H and O–H groups in total. The number of rotatable bonds is 6. The Hall–Kier alpha value is 0.0200. The minimum atomic E-state index is 0.248. The fourth-order valence-electron chi connectivity index (χ4n) is 1.20. The summed E-state index contributed by atoms with van der Waals surface area (Å²) in [6.45, 7) is 6.00. The van der Waals surface area contributed by atoms with E-state index in [-0.39, 0.29) is 5.12 Å². The molecular formula is C10H20OS. The van der Waals surface area contributed by atoms with Crippen LogP contribution in [0.3, 0.4) is 0 Å². The van der Waals surface area contributed by atoms with Crippen molar-refractivity contribution in [3.8, 4) is 0 Å². The molecule has 0 aromatic carbocycles. The van der Waals surface area contributed by atoms with Gasteiger partial charge in [0.25, 0.3) is 0 Å². The summed E-state index contributed by atoms with van der Waals surface area (Å²) in [5.41, 5.74) is 0. The van der Waals surface area contributed by atoms with Crippen LogP contribution >= 0.6 is 11.8 Å². The van der Waals surface area contributed by atoms with E-state index < -0.39 is 0 Å². The molecule has 0 aliphatic carbocycles. The predicted octanol–water partition coefficient (Wildman–Crippen LogP) is 3.63. The minimum absolute atomic E-state index is 0.248. The van der Waals surface area contributed by atoms with Gasteiger partial charge in [-0.3, -0.25) is 4.79 Å². The zero-order chi connectivity index (χ0) is 9.40. The van der Waals surface area contributed by atoms with Crippen molar-refractivity contribution in [1.82, 2.24) is 0 Å². The summed E-state index contributed by atoms with van der Waals surface area (Å²) < 4.78 is 0. The maximum Gasteiger partial charge on any atom is 0.186 e. The Morgan fingerprint density at radius 3 is 2.50 bits per heavy atom. The lowest BCUT2D eigenvalue weighted by Crippen LogP contribution is -1.99. The lowest BCUT2D eigenvalue weighted by molar-refractivity contribution is -0.109. The average Bonchev–Trinajstić information content (AvgIpc) is 1.97. The van der Waals surface area contributed by atoms with E-state index >= 15 is 0 Å². The quantitative estimate of drug-likeness (QED) is 0.592. The van der Waals surface area contributed by atoms with Gasteiger partial charge >= 0.3 is 0 Å². The molecule has 0 aliphatic rings. The van der Waals surface area contributed by atoms with E-state index in [1.165, 1.54) is 43.9 Å². The van der Waals surface area contributed by atoms with Crippen LogP contribution < -0.4 is 0 Å². The summed E-state index contributed by atoms with van der Waals surface area (Å²) in [4.78, 5) is 10.7. The Kier molecular flexibility index (Phi) is 7.67. The molecule has 0 aliphatic heterocycles. The third-order valence-corrected chi connectivity index (χ3v) is 2.80. The molecule has 0 spiro atoms. The number of carbonyl (C=O) groups is 1. The van der Waals surface area contributed by atoms with Crippen LogP contribution in [0.5, 0.6) is 0 Å². The number of unbranched alkanes of at least 4 members (excludes halogenated alkanes) is 3. The molecule has 0 fully saturated rings. The Bertz CT molecular complexity index is 123. The van der Waals surface area contributed by atoms with Gasteiger partial charge in [0.05, 0.1) is 0 Å². The molecule has 72 valence electrons. The highest BCUT2D eigenvalue weighted by atomic mass is 32.2. The van der Waals surface area contributed by atoms with E-state index in [4.69, 9.17) is 0 Å². The maximum atomic E-state index is 10.7. The van der Waals surface area contributed by atoms with Gasteiger partial charge in [-0.05, 0) is 6.42 Å². The van der Waals surface area contributed by atoms with E-state index in [9.17, 15) is 4.79 Å². The minimum Gasteiger partial charge on any atom is -0.288 e. The second-order valence-corrected chi connectivity index (χ2v) is 4.88. The van der Waals surface area contributed by atoms with Crippen LogP contribution in [0.15, 0.2) is 0 Å². The highest BCUT2D eigenvalue weighted by Gasteiger charge is 2.04. The first-order valence-corrected chi connectivity index (χ1v) is 5.72. The molecule has 0 amide bonds. The SMILES string of the molecule is CCCCCC[C@H](C)SC(C)=O. The summed E-state index contributed by atoms with van der Waals surface area (Å²) in [7, 11) is 0. The van der Waals surface area contributed by atoms with Gasteiger partial charge in [0, 0.05) is 12.2 Å². The molecule has 0 radical (unpaired) electrons. The van der Waals surface area contributed by atoms with E-state index in [2.05, 4.69) is 13.8 Å². The van der Waals surface area contributed by atoms with E-state index in [0.29, 0.717) is 5.25 Å². The average molecular weight is 188 g/mol. The van der Waals surface area contributed by atoms with Gasteiger partial charge in [-0.25, -0.2) is 0 Å². The van der Waals surface area contributed by atoms with Gasteiger partial charge in [0.2, 0.25) is 0 Å². The normalized spacial score (nSPS) is 12.9. The van der Waals surface area contributed by atoms with Crippen molar-refractivity contribution in [3.05, 3.63) is 0 Å². The lowest BCUT2D eigenvalue weighted by atomic mass is 10.1. The molecular weight excluding hydrogens is 168 g/mol. The van der Waals surface area contributed by atoms with E-state index in [1.807, 2.05) is 0 Å². The molecule has 1 nitrogen and oxygen atoms in total. The van der Waals surface area contributed by atoms with Gasteiger partial charge < -0.3 is 0 Å². The Labute approximate surface area is 80.3 Å². The number of thioether (sulfide) groups is 1. The van der Waals surface area contributed by atoms with Crippen LogP contribution in [0.25, 0.3) is 0 Å². The Balaban J connectivity index is 3.19. The van der Waals surface area contributed by atoms with Crippen molar-refractivity contribution >= 4 is 16.9 Å². The molecule has 0 saturated carbocycles. The third kappa shape index (κ3) is 8.12. The highest BCUT2D eigenvalue weighted by molar-refractivity contribution is 8.14. The van der Waals surface area contributed by atoms with E-state index in [0.717, 1.165) is 0 Å². The van der Waals surface area contributed by atoms with Crippen molar-refractivity contribution in [2.24, 2.45) is 0 Å². The maximum absolute atomic E-state index is 10.7. The Morgan fingerprint density at radius 1 is 1.33 bits per heavy atom. The van der Waals surface area contributed by atoms with Crippen LogP contribution in [-0.2, 0) is 4.79 Å². The number of carbonyl (C=O) groups excluding carboxylic acids is 1. The molecule has 12 heavy (non-hydrogen) atoms. The summed E-state index contributed by atoms with van der Waals surface area (Å²) >= 11 is 1.47. The molecule has 0 bridgehead atoms. The molecule has 0 unspecified atom stereocenters. The molecule has 0 rings (SSSR count). The topological polar surface area (TPSA) is 17.1 Å². The first-order valence-electron chi connectivity index (χ1n) is 4.84. The van der Waals surface area contributed by atoms with Crippen LogP contribution in [-0.4, -0.2) is 10.4 Å². The van der Waals surface area contributed by atoms with Gasteiger partial charge in [-0.1, -0.05) is 51.3 Å². The fourth-order valence-corrected chi connectivity index (χ4v) is 2.05. The largest absolute Gasteiger partial charge is 0.288 e. The zero-order valence-electron chi connectivity index (χ0n) is 8.43. The summed E-state index contributed by atoms with van der Waals surface area (Å²) in [6.07, 6.45) is 6.39. The van der Waals surface area contributed by atoms with Crippen LogP contribution in [0.4, 0.5) is 0 Å². The van der Waals surface area contributed by atoms with Crippen LogP contribution in [0.1, 0.15) is 52.9 Å². The molecule has 0 aromatic heterocycles. The van der Waals surface area contributed by atoms with Crippen molar-refractivity contribution in [1.29, 1.82) is 0 Å². The van der Waals surface area contributed by atoms with Gasteiger partial charge in [-0.15, -0.1) is 0 Å². The second-order valence-electron chi connectivity index (χ2n) is 3.27.